The number of rotatable bonds is 8. The molecule has 3 N–H and O–H groups in total. The molecule has 0 saturated carbocycles. The van der Waals surface area contributed by atoms with Crippen molar-refractivity contribution in [2.24, 2.45) is 4.99 Å². The zero-order valence-corrected chi connectivity index (χ0v) is 21.8. The summed E-state index contributed by atoms with van der Waals surface area (Å²) in [7, 11) is 0. The number of halogens is 1. The third-order valence-corrected chi connectivity index (χ3v) is 6.13. The van der Waals surface area contributed by atoms with Gasteiger partial charge in [-0.15, -0.1) is 24.0 Å². The van der Waals surface area contributed by atoms with E-state index in [4.69, 9.17) is 4.74 Å². The zero-order chi connectivity index (χ0) is 21.4. The number of aryl methyl sites for hydroxylation is 1. The summed E-state index contributed by atoms with van der Waals surface area (Å²) in [6.45, 7) is 11.1. The lowest BCUT2D eigenvalue weighted by atomic mass is 10.00. The van der Waals surface area contributed by atoms with Crippen molar-refractivity contribution in [1.82, 2.24) is 15.5 Å². The number of morpholine rings is 1. The van der Waals surface area contributed by atoms with Crippen molar-refractivity contribution in [3.8, 4) is 0 Å². The summed E-state index contributed by atoms with van der Waals surface area (Å²) in [6, 6.07) is 10.9. The van der Waals surface area contributed by atoms with Gasteiger partial charge in [-0.05, 0) is 48.7 Å². The Morgan fingerprint density at radius 2 is 1.94 bits per heavy atom. The number of benzene rings is 1. The van der Waals surface area contributed by atoms with Crippen LogP contribution in [0, 0.1) is 6.92 Å². The molecular weight excluding hydrogens is 523 g/mol. The topological polar surface area (TPSA) is 69.1 Å². The first-order valence-electron chi connectivity index (χ1n) is 10.6. The van der Waals surface area contributed by atoms with Crippen LogP contribution in [0.25, 0.3) is 0 Å². The van der Waals surface area contributed by atoms with Crippen molar-refractivity contribution >= 4 is 41.3 Å². The van der Waals surface area contributed by atoms with Crippen LogP contribution in [-0.4, -0.2) is 61.9 Å². The fraction of sp³-hybridized carbons (Fsp3) is 0.522. The average molecular weight is 559 g/mol. The van der Waals surface area contributed by atoms with E-state index in [-0.39, 0.29) is 30.0 Å². The Kier molecular flexibility index (Phi) is 10.7. The van der Waals surface area contributed by atoms with Crippen LogP contribution < -0.4 is 10.6 Å². The van der Waals surface area contributed by atoms with Gasteiger partial charge >= 0.3 is 0 Å². The van der Waals surface area contributed by atoms with E-state index in [9.17, 15) is 5.11 Å². The summed E-state index contributed by atoms with van der Waals surface area (Å²) in [5.41, 5.74) is 2.47. The molecule has 1 aromatic carbocycles. The highest BCUT2D eigenvalue weighted by molar-refractivity contribution is 14.0. The van der Waals surface area contributed by atoms with Gasteiger partial charge in [0.25, 0.3) is 0 Å². The Morgan fingerprint density at radius 1 is 1.23 bits per heavy atom. The number of aliphatic imine (C=N–C) groups is 1. The van der Waals surface area contributed by atoms with Gasteiger partial charge in [0.05, 0.1) is 25.8 Å². The van der Waals surface area contributed by atoms with Crippen molar-refractivity contribution in [3.05, 3.63) is 57.8 Å². The van der Waals surface area contributed by atoms with Crippen LogP contribution in [0.1, 0.15) is 36.6 Å². The number of nitrogens with zero attached hydrogens (tertiary/aromatic N) is 2. The lowest BCUT2D eigenvalue weighted by Gasteiger charge is -2.35. The van der Waals surface area contributed by atoms with Crippen LogP contribution in [0.3, 0.4) is 0 Å². The number of thiophene rings is 1. The van der Waals surface area contributed by atoms with Gasteiger partial charge < -0.3 is 20.5 Å². The van der Waals surface area contributed by atoms with Crippen molar-refractivity contribution in [1.29, 1.82) is 0 Å². The Balaban J connectivity index is 0.00000341. The normalized spacial score (nSPS) is 18.0. The molecule has 31 heavy (non-hydrogen) atoms. The van der Waals surface area contributed by atoms with Crippen molar-refractivity contribution in [2.75, 3.05) is 45.9 Å². The molecular formula is C23H35IN4O2S. The molecule has 1 aromatic heterocycles. The van der Waals surface area contributed by atoms with E-state index in [2.05, 4.69) is 51.7 Å². The van der Waals surface area contributed by atoms with E-state index >= 15 is 0 Å². The van der Waals surface area contributed by atoms with Crippen molar-refractivity contribution < 1.29 is 9.84 Å². The summed E-state index contributed by atoms with van der Waals surface area (Å²) in [5.74, 6) is 0.721. The number of guanidine groups is 1. The minimum absolute atomic E-state index is 0. The highest BCUT2D eigenvalue weighted by atomic mass is 127. The van der Waals surface area contributed by atoms with Crippen LogP contribution in [0.2, 0.25) is 0 Å². The molecule has 1 fully saturated rings. The second-order valence-corrected chi connectivity index (χ2v) is 8.72. The fourth-order valence-electron chi connectivity index (χ4n) is 3.57. The van der Waals surface area contributed by atoms with Gasteiger partial charge in [0.15, 0.2) is 5.96 Å². The third-order valence-electron chi connectivity index (χ3n) is 5.44. The molecule has 6 nitrogen and oxygen atoms in total. The molecule has 8 heteroatoms. The Bertz CT molecular complexity index is 790. The lowest BCUT2D eigenvalue weighted by molar-refractivity contribution is 0.0169. The first-order valence-corrected chi connectivity index (χ1v) is 11.6. The second kappa shape index (κ2) is 12.7. The Labute approximate surface area is 207 Å². The molecule has 1 saturated heterocycles. The van der Waals surface area contributed by atoms with Gasteiger partial charge in [-0.25, -0.2) is 4.99 Å². The monoisotopic (exact) mass is 558 g/mol. The van der Waals surface area contributed by atoms with Gasteiger partial charge in [0.1, 0.15) is 5.60 Å². The number of hydrogen-bond donors (Lipinski definition) is 3. The van der Waals surface area contributed by atoms with E-state index in [0.29, 0.717) is 6.54 Å². The first-order chi connectivity index (χ1) is 14.5. The number of nitrogens with one attached hydrogen (secondary N) is 2. The van der Waals surface area contributed by atoms with Crippen LogP contribution >= 0.6 is 35.3 Å². The van der Waals surface area contributed by atoms with E-state index in [1.165, 1.54) is 11.1 Å². The molecule has 0 aliphatic carbocycles. The summed E-state index contributed by atoms with van der Waals surface area (Å²) in [6.07, 6.45) is 0. The summed E-state index contributed by atoms with van der Waals surface area (Å²) in [5, 5.41) is 21.6. The Hall–Kier alpha value is -1.20. The van der Waals surface area contributed by atoms with E-state index < -0.39 is 5.60 Å². The highest BCUT2D eigenvalue weighted by Crippen LogP contribution is 2.24. The van der Waals surface area contributed by atoms with Gasteiger partial charge in [0.2, 0.25) is 0 Å². The van der Waals surface area contributed by atoms with Crippen LogP contribution in [0.15, 0.2) is 46.1 Å². The molecule has 2 aromatic rings. The SMILES string of the molecule is CCNC(=NCC(C)(O)c1ccsc1)NCC(c1ccc(C)cc1)N1CCOCC1.I. The lowest BCUT2D eigenvalue weighted by Crippen LogP contribution is -2.46. The van der Waals surface area contributed by atoms with Gasteiger partial charge in [-0.1, -0.05) is 29.8 Å². The smallest absolute Gasteiger partial charge is 0.191 e. The molecule has 0 amide bonds. The highest BCUT2D eigenvalue weighted by Gasteiger charge is 2.25. The summed E-state index contributed by atoms with van der Waals surface area (Å²) < 4.78 is 5.56. The number of ether oxygens (including phenoxy) is 1. The van der Waals surface area contributed by atoms with Crippen LogP contribution in [-0.2, 0) is 10.3 Å². The van der Waals surface area contributed by atoms with Gasteiger partial charge in [-0.2, -0.15) is 11.3 Å². The maximum Gasteiger partial charge on any atom is 0.191 e. The molecule has 1 aliphatic rings. The molecule has 2 unspecified atom stereocenters. The van der Waals surface area contributed by atoms with Crippen LogP contribution in [0.5, 0.6) is 0 Å². The van der Waals surface area contributed by atoms with E-state index in [1.807, 2.05) is 30.7 Å². The Morgan fingerprint density at radius 3 is 2.55 bits per heavy atom. The molecule has 3 rings (SSSR count). The maximum atomic E-state index is 10.8. The first kappa shape index (κ1) is 26.1. The fourth-order valence-corrected chi connectivity index (χ4v) is 4.35. The summed E-state index contributed by atoms with van der Waals surface area (Å²) >= 11 is 1.58. The molecule has 172 valence electrons. The predicted molar refractivity (Wildman–Crippen MR) is 140 cm³/mol. The van der Waals surface area contributed by atoms with Crippen LogP contribution in [0.4, 0.5) is 0 Å². The maximum absolute atomic E-state index is 10.8. The number of aliphatic hydroxyl groups is 1. The molecule has 0 spiro atoms. The predicted octanol–water partition coefficient (Wildman–Crippen LogP) is 3.51. The second-order valence-electron chi connectivity index (χ2n) is 7.94. The zero-order valence-electron chi connectivity index (χ0n) is 18.6. The molecule has 0 radical (unpaired) electrons. The molecule has 2 atom stereocenters. The molecule has 2 heterocycles. The average Bonchev–Trinajstić information content (AvgIpc) is 3.30. The standard InChI is InChI=1S/C23H34N4O2S.HI/c1-4-24-22(26-17-23(3,28)20-9-14-30-16-20)25-15-21(27-10-12-29-13-11-27)19-7-5-18(2)6-8-19;/h5-9,14,16,21,28H,4,10-13,15,17H2,1-3H3,(H2,24,25,26);1H. The third kappa shape index (κ3) is 7.71. The van der Waals surface area contributed by atoms with Crippen molar-refractivity contribution in [3.63, 3.8) is 0 Å². The van der Waals surface area contributed by atoms with E-state index in [0.717, 1.165) is 50.9 Å². The van der Waals surface area contributed by atoms with Gasteiger partial charge in [0, 0.05) is 26.2 Å². The van der Waals surface area contributed by atoms with E-state index in [1.54, 1.807) is 11.3 Å². The van der Waals surface area contributed by atoms with Crippen molar-refractivity contribution in [2.45, 2.75) is 32.4 Å². The van der Waals surface area contributed by atoms with Gasteiger partial charge in [-0.3, -0.25) is 4.90 Å². The molecule has 1 aliphatic heterocycles. The molecule has 0 bridgehead atoms. The quantitative estimate of drug-likeness (QED) is 0.263. The largest absolute Gasteiger partial charge is 0.383 e. The minimum Gasteiger partial charge on any atom is -0.383 e. The summed E-state index contributed by atoms with van der Waals surface area (Å²) in [4.78, 5) is 7.14. The number of hydrogen-bond acceptors (Lipinski definition) is 5. The minimum atomic E-state index is -0.983.